The first-order chi connectivity index (χ1) is 11.0. The highest BCUT2D eigenvalue weighted by Crippen LogP contribution is 2.29. The number of rotatable bonds is 4. The minimum absolute atomic E-state index is 0.274. The number of ether oxygens (including phenoxy) is 1. The number of nitrogens with zero attached hydrogens (tertiary/aromatic N) is 2. The molecule has 0 heterocycles. The van der Waals surface area contributed by atoms with E-state index in [0.29, 0.717) is 24.2 Å². The number of benzene rings is 1. The molecular formula is C17H18ClN3O2. The summed E-state index contributed by atoms with van der Waals surface area (Å²) in [4.78, 5) is 12.3. The molecule has 5 nitrogen and oxygen atoms in total. The fourth-order valence-corrected chi connectivity index (χ4v) is 2.89. The Morgan fingerprint density at radius 2 is 2.04 bits per heavy atom. The predicted molar refractivity (Wildman–Crippen MR) is 85.8 cm³/mol. The number of halogens is 1. The lowest BCUT2D eigenvalue weighted by atomic mass is 9.83. The monoisotopic (exact) mass is 331 g/mol. The normalized spacial score (nSPS) is 17.4. The maximum Gasteiger partial charge on any atom is 0.262 e. The number of carbonyl (C=O) groups is 1. The molecule has 1 atom stereocenters. The van der Waals surface area contributed by atoms with Crippen LogP contribution < -0.4 is 10.1 Å². The summed E-state index contributed by atoms with van der Waals surface area (Å²) in [7, 11) is 0. The smallest absolute Gasteiger partial charge is 0.262 e. The van der Waals surface area contributed by atoms with E-state index in [0.717, 1.165) is 19.3 Å². The van der Waals surface area contributed by atoms with Crippen LogP contribution in [0.1, 0.15) is 44.6 Å². The molecule has 1 aromatic rings. The van der Waals surface area contributed by atoms with Gasteiger partial charge in [0.05, 0.1) is 22.7 Å². The van der Waals surface area contributed by atoms with Gasteiger partial charge in [-0.15, -0.1) is 0 Å². The molecular weight excluding hydrogens is 314 g/mol. The highest BCUT2D eigenvalue weighted by Gasteiger charge is 2.35. The number of carbonyl (C=O) groups excluding carboxylic acids is 1. The first-order valence-corrected chi connectivity index (χ1v) is 7.97. The van der Waals surface area contributed by atoms with Gasteiger partial charge in [0.15, 0.2) is 6.10 Å². The maximum atomic E-state index is 12.3. The maximum absolute atomic E-state index is 12.3. The lowest BCUT2D eigenvalue weighted by Crippen LogP contribution is -2.52. The van der Waals surface area contributed by atoms with Gasteiger partial charge in [0.1, 0.15) is 11.3 Å². The lowest BCUT2D eigenvalue weighted by molar-refractivity contribution is -0.129. The summed E-state index contributed by atoms with van der Waals surface area (Å²) in [6, 6.07) is 8.85. The van der Waals surface area contributed by atoms with Crippen LogP contribution in [0.15, 0.2) is 18.2 Å². The molecule has 1 amide bonds. The fraction of sp³-hybridized carbons (Fsp3) is 0.471. The first kappa shape index (κ1) is 17.1. The van der Waals surface area contributed by atoms with Gasteiger partial charge >= 0.3 is 0 Å². The first-order valence-electron chi connectivity index (χ1n) is 7.59. The van der Waals surface area contributed by atoms with Crippen molar-refractivity contribution in [2.45, 2.75) is 50.7 Å². The third-order valence-corrected chi connectivity index (χ3v) is 4.31. The molecule has 0 unspecified atom stereocenters. The Hall–Kier alpha value is -2.24. The third-order valence-electron chi connectivity index (χ3n) is 4.02. The van der Waals surface area contributed by atoms with Crippen LogP contribution in [0.25, 0.3) is 0 Å². The van der Waals surface area contributed by atoms with Crippen molar-refractivity contribution < 1.29 is 9.53 Å². The summed E-state index contributed by atoms with van der Waals surface area (Å²) in [5.74, 6) is -0.00292. The summed E-state index contributed by atoms with van der Waals surface area (Å²) in [6.07, 6.45) is 3.51. The average molecular weight is 332 g/mol. The lowest BCUT2D eigenvalue weighted by Gasteiger charge is -2.32. The van der Waals surface area contributed by atoms with Gasteiger partial charge < -0.3 is 10.1 Å². The number of hydrogen-bond donors (Lipinski definition) is 1. The van der Waals surface area contributed by atoms with Crippen LogP contribution in [0, 0.1) is 22.7 Å². The second-order valence-electron chi connectivity index (χ2n) is 5.76. The second kappa shape index (κ2) is 7.35. The van der Waals surface area contributed by atoms with E-state index in [4.69, 9.17) is 21.6 Å². The van der Waals surface area contributed by atoms with E-state index in [2.05, 4.69) is 11.4 Å². The Kier molecular flexibility index (Phi) is 5.47. The van der Waals surface area contributed by atoms with Gasteiger partial charge in [-0.25, -0.2) is 0 Å². The zero-order valence-corrected chi connectivity index (χ0v) is 13.7. The van der Waals surface area contributed by atoms with E-state index in [9.17, 15) is 10.1 Å². The Labute approximate surface area is 140 Å². The summed E-state index contributed by atoms with van der Waals surface area (Å²) in [6.45, 7) is 1.61. The van der Waals surface area contributed by atoms with Crippen molar-refractivity contribution in [2.75, 3.05) is 0 Å². The van der Waals surface area contributed by atoms with Crippen LogP contribution in [-0.2, 0) is 4.79 Å². The minimum atomic E-state index is -0.790. The van der Waals surface area contributed by atoms with Gasteiger partial charge in [0.25, 0.3) is 5.91 Å². The number of amides is 1. The summed E-state index contributed by atoms with van der Waals surface area (Å²) < 4.78 is 5.57. The highest BCUT2D eigenvalue weighted by molar-refractivity contribution is 6.32. The summed E-state index contributed by atoms with van der Waals surface area (Å²) in [5, 5.41) is 21.3. The molecule has 0 saturated heterocycles. The van der Waals surface area contributed by atoms with Crippen molar-refractivity contribution >= 4 is 17.5 Å². The molecule has 1 fully saturated rings. The van der Waals surface area contributed by atoms with Gasteiger partial charge in [-0.3, -0.25) is 4.79 Å². The molecule has 0 aromatic heterocycles. The van der Waals surface area contributed by atoms with E-state index < -0.39 is 11.6 Å². The van der Waals surface area contributed by atoms with E-state index in [1.165, 1.54) is 6.07 Å². The van der Waals surface area contributed by atoms with Gasteiger partial charge in [-0.1, -0.05) is 30.9 Å². The molecule has 1 aromatic carbocycles. The average Bonchev–Trinajstić information content (AvgIpc) is 2.57. The standard InChI is InChI=1S/C17H18ClN3O2/c1-12(23-15-6-5-13(10-19)9-14(15)18)16(22)21-17(11-20)7-3-2-4-8-17/h5-6,9,12H,2-4,7-8H2,1H3,(H,21,22)/t12-/m0/s1. The Morgan fingerprint density at radius 1 is 1.35 bits per heavy atom. The molecule has 2 rings (SSSR count). The molecule has 1 aliphatic rings. The SMILES string of the molecule is C[C@H](Oc1ccc(C#N)cc1Cl)C(=O)NC1(C#N)CCCCC1. The summed E-state index contributed by atoms with van der Waals surface area (Å²) >= 11 is 6.04. The van der Waals surface area contributed by atoms with E-state index >= 15 is 0 Å². The van der Waals surface area contributed by atoms with E-state index in [1.807, 2.05) is 6.07 Å². The topological polar surface area (TPSA) is 85.9 Å². The number of nitriles is 2. The number of hydrogen-bond acceptors (Lipinski definition) is 4. The van der Waals surface area contributed by atoms with Crippen molar-refractivity contribution in [3.63, 3.8) is 0 Å². The molecule has 1 aliphatic carbocycles. The molecule has 0 aliphatic heterocycles. The Balaban J connectivity index is 2.03. The van der Waals surface area contributed by atoms with Crippen LogP contribution >= 0.6 is 11.6 Å². The predicted octanol–water partition coefficient (Wildman–Crippen LogP) is 3.32. The fourth-order valence-electron chi connectivity index (χ4n) is 2.67. The van der Waals surface area contributed by atoms with Gasteiger partial charge in [0, 0.05) is 0 Å². The zero-order valence-electron chi connectivity index (χ0n) is 12.9. The molecule has 120 valence electrons. The van der Waals surface area contributed by atoms with Crippen molar-refractivity contribution in [1.29, 1.82) is 10.5 Å². The Morgan fingerprint density at radius 3 is 2.61 bits per heavy atom. The van der Waals surface area contributed by atoms with Crippen molar-refractivity contribution in [1.82, 2.24) is 5.32 Å². The van der Waals surface area contributed by atoms with Gasteiger partial charge in [-0.05, 0) is 38.0 Å². The Bertz CT molecular complexity index is 669. The molecule has 0 radical (unpaired) electrons. The van der Waals surface area contributed by atoms with Crippen molar-refractivity contribution in [2.24, 2.45) is 0 Å². The highest BCUT2D eigenvalue weighted by atomic mass is 35.5. The van der Waals surface area contributed by atoms with Gasteiger partial charge in [-0.2, -0.15) is 10.5 Å². The third kappa shape index (κ3) is 4.15. The van der Waals surface area contributed by atoms with Crippen LogP contribution in [0.3, 0.4) is 0 Å². The molecule has 0 spiro atoms. The van der Waals surface area contributed by atoms with Crippen molar-refractivity contribution in [3.05, 3.63) is 28.8 Å². The molecule has 1 saturated carbocycles. The molecule has 23 heavy (non-hydrogen) atoms. The molecule has 1 N–H and O–H groups in total. The van der Waals surface area contributed by atoms with E-state index in [-0.39, 0.29) is 10.9 Å². The van der Waals surface area contributed by atoms with E-state index in [1.54, 1.807) is 19.1 Å². The molecule has 0 bridgehead atoms. The second-order valence-corrected chi connectivity index (χ2v) is 6.17. The zero-order chi connectivity index (χ0) is 16.9. The van der Waals surface area contributed by atoms with Gasteiger partial charge in [0.2, 0.25) is 0 Å². The van der Waals surface area contributed by atoms with Crippen LogP contribution in [-0.4, -0.2) is 17.6 Å². The minimum Gasteiger partial charge on any atom is -0.479 e. The summed E-state index contributed by atoms with van der Waals surface area (Å²) in [5.41, 5.74) is -0.369. The van der Waals surface area contributed by atoms with Crippen LogP contribution in [0.4, 0.5) is 0 Å². The quantitative estimate of drug-likeness (QED) is 0.916. The molecule has 6 heteroatoms. The largest absolute Gasteiger partial charge is 0.479 e. The van der Waals surface area contributed by atoms with Crippen LogP contribution in [0.5, 0.6) is 5.75 Å². The van der Waals surface area contributed by atoms with Crippen molar-refractivity contribution in [3.8, 4) is 17.9 Å². The number of nitrogens with one attached hydrogen (secondary N) is 1. The van der Waals surface area contributed by atoms with Crippen LogP contribution in [0.2, 0.25) is 5.02 Å².